The number of carbonyl (C=O) groups is 2. The molecular weight excluding hydrogens is 365 g/mol. The third-order valence-electron chi connectivity index (χ3n) is 4.23. The standard InChI is InChI=1S/C20H20FN3O4/c1-3-28-16-10-12(4-9-15(16)25)18-17(11(2)22-20(27)24-18)19(26)23-14-7-5-13(21)6-8-14/h4-10,18,25H,3H2,1-2H3,(H,23,26)(H2,22,24,27). The van der Waals surface area contributed by atoms with Crippen molar-refractivity contribution in [3.8, 4) is 11.5 Å². The van der Waals surface area contributed by atoms with Crippen LogP contribution in [0.4, 0.5) is 14.9 Å². The van der Waals surface area contributed by atoms with E-state index < -0.39 is 23.8 Å². The van der Waals surface area contributed by atoms with E-state index in [1.807, 2.05) is 0 Å². The molecule has 3 amide bonds. The highest BCUT2D eigenvalue weighted by Crippen LogP contribution is 2.34. The van der Waals surface area contributed by atoms with Crippen LogP contribution in [0.5, 0.6) is 11.5 Å². The first-order valence-electron chi connectivity index (χ1n) is 8.70. The number of allylic oxidation sites excluding steroid dienone is 1. The lowest BCUT2D eigenvalue weighted by Crippen LogP contribution is -2.45. The van der Waals surface area contributed by atoms with Gasteiger partial charge in [0.25, 0.3) is 5.91 Å². The van der Waals surface area contributed by atoms with Gasteiger partial charge in [0.15, 0.2) is 11.5 Å². The fourth-order valence-corrected chi connectivity index (χ4v) is 2.96. The van der Waals surface area contributed by atoms with Gasteiger partial charge in [0.2, 0.25) is 0 Å². The predicted octanol–water partition coefficient (Wildman–Crippen LogP) is 3.20. The summed E-state index contributed by atoms with van der Waals surface area (Å²) in [7, 11) is 0. The van der Waals surface area contributed by atoms with E-state index in [1.165, 1.54) is 30.3 Å². The van der Waals surface area contributed by atoms with E-state index in [1.54, 1.807) is 26.0 Å². The summed E-state index contributed by atoms with van der Waals surface area (Å²) < 4.78 is 18.5. The van der Waals surface area contributed by atoms with Gasteiger partial charge in [0.05, 0.1) is 18.2 Å². The molecule has 1 aliphatic rings. The number of phenolic OH excluding ortho intramolecular Hbond substituents is 1. The van der Waals surface area contributed by atoms with Crippen molar-refractivity contribution in [2.45, 2.75) is 19.9 Å². The molecule has 0 aromatic heterocycles. The molecule has 2 aromatic rings. The topological polar surface area (TPSA) is 99.7 Å². The van der Waals surface area contributed by atoms with Gasteiger partial charge < -0.3 is 25.8 Å². The van der Waals surface area contributed by atoms with Gasteiger partial charge in [-0.25, -0.2) is 9.18 Å². The van der Waals surface area contributed by atoms with Crippen molar-refractivity contribution >= 4 is 17.6 Å². The number of rotatable bonds is 5. The monoisotopic (exact) mass is 385 g/mol. The third-order valence-corrected chi connectivity index (χ3v) is 4.23. The second-order valence-corrected chi connectivity index (χ2v) is 6.19. The van der Waals surface area contributed by atoms with E-state index in [0.717, 1.165) is 0 Å². The molecule has 0 saturated heterocycles. The molecule has 0 saturated carbocycles. The highest BCUT2D eigenvalue weighted by Gasteiger charge is 2.31. The van der Waals surface area contributed by atoms with Crippen LogP contribution in [-0.4, -0.2) is 23.7 Å². The molecule has 0 spiro atoms. The van der Waals surface area contributed by atoms with Crippen molar-refractivity contribution in [1.29, 1.82) is 0 Å². The Morgan fingerprint density at radius 1 is 1.25 bits per heavy atom. The molecule has 1 aliphatic heterocycles. The molecular formula is C20H20FN3O4. The molecule has 0 aliphatic carbocycles. The smallest absolute Gasteiger partial charge is 0.319 e. The fraction of sp³-hybridized carbons (Fsp3) is 0.200. The number of ether oxygens (including phenoxy) is 1. The molecule has 4 N–H and O–H groups in total. The first-order valence-corrected chi connectivity index (χ1v) is 8.70. The molecule has 7 nitrogen and oxygen atoms in total. The number of halogens is 1. The number of amides is 3. The minimum absolute atomic E-state index is 0.0381. The van der Waals surface area contributed by atoms with Gasteiger partial charge in [-0.15, -0.1) is 0 Å². The summed E-state index contributed by atoms with van der Waals surface area (Å²) in [6.07, 6.45) is 0. The second-order valence-electron chi connectivity index (χ2n) is 6.19. The number of carbonyl (C=O) groups excluding carboxylic acids is 2. The van der Waals surface area contributed by atoms with E-state index in [-0.39, 0.29) is 17.1 Å². The number of nitrogens with one attached hydrogen (secondary N) is 3. The van der Waals surface area contributed by atoms with Crippen molar-refractivity contribution < 1.29 is 23.8 Å². The zero-order chi connectivity index (χ0) is 20.3. The van der Waals surface area contributed by atoms with Crippen molar-refractivity contribution in [1.82, 2.24) is 10.6 Å². The Bertz CT molecular complexity index is 941. The number of anilines is 1. The van der Waals surface area contributed by atoms with Gasteiger partial charge in [0.1, 0.15) is 5.82 Å². The molecule has 8 heteroatoms. The Kier molecular flexibility index (Phi) is 5.49. The van der Waals surface area contributed by atoms with Gasteiger partial charge in [-0.3, -0.25) is 4.79 Å². The summed E-state index contributed by atoms with van der Waals surface area (Å²) >= 11 is 0. The summed E-state index contributed by atoms with van der Waals surface area (Å²) in [6, 6.07) is 8.79. The zero-order valence-corrected chi connectivity index (χ0v) is 15.4. The zero-order valence-electron chi connectivity index (χ0n) is 15.4. The Morgan fingerprint density at radius 3 is 2.64 bits per heavy atom. The normalized spacial score (nSPS) is 16.2. The number of benzene rings is 2. The number of hydrogen-bond acceptors (Lipinski definition) is 4. The first-order chi connectivity index (χ1) is 13.4. The molecule has 2 aromatic carbocycles. The minimum Gasteiger partial charge on any atom is -0.504 e. The molecule has 28 heavy (non-hydrogen) atoms. The van der Waals surface area contributed by atoms with Crippen LogP contribution < -0.4 is 20.7 Å². The van der Waals surface area contributed by atoms with Crippen LogP contribution in [0.3, 0.4) is 0 Å². The maximum Gasteiger partial charge on any atom is 0.319 e. The van der Waals surface area contributed by atoms with Crippen molar-refractivity contribution in [2.24, 2.45) is 0 Å². The van der Waals surface area contributed by atoms with Gasteiger partial charge in [-0.2, -0.15) is 0 Å². The predicted molar refractivity (Wildman–Crippen MR) is 101 cm³/mol. The second kappa shape index (κ2) is 7.99. The lowest BCUT2D eigenvalue weighted by atomic mass is 9.94. The Labute approximate surface area is 161 Å². The largest absolute Gasteiger partial charge is 0.504 e. The number of hydrogen-bond donors (Lipinski definition) is 4. The van der Waals surface area contributed by atoms with Crippen LogP contribution in [0.1, 0.15) is 25.5 Å². The maximum atomic E-state index is 13.1. The van der Waals surface area contributed by atoms with Crippen LogP contribution >= 0.6 is 0 Å². The fourth-order valence-electron chi connectivity index (χ4n) is 2.96. The highest BCUT2D eigenvalue weighted by atomic mass is 19.1. The van der Waals surface area contributed by atoms with E-state index in [9.17, 15) is 19.1 Å². The SMILES string of the molecule is CCOc1cc(C2NC(=O)NC(C)=C2C(=O)Nc2ccc(F)cc2)ccc1O. The van der Waals surface area contributed by atoms with Crippen molar-refractivity contribution in [2.75, 3.05) is 11.9 Å². The minimum atomic E-state index is -0.756. The lowest BCUT2D eigenvalue weighted by molar-refractivity contribution is -0.113. The summed E-state index contributed by atoms with van der Waals surface area (Å²) in [4.78, 5) is 24.9. The molecule has 146 valence electrons. The van der Waals surface area contributed by atoms with E-state index in [0.29, 0.717) is 23.6 Å². The van der Waals surface area contributed by atoms with Gasteiger partial charge in [-0.1, -0.05) is 6.07 Å². The Morgan fingerprint density at radius 2 is 1.96 bits per heavy atom. The third kappa shape index (κ3) is 4.06. The van der Waals surface area contributed by atoms with Crippen molar-refractivity contribution in [3.05, 3.63) is 65.1 Å². The molecule has 0 fully saturated rings. The summed E-state index contributed by atoms with van der Waals surface area (Å²) in [5.74, 6) is -0.648. The molecule has 0 radical (unpaired) electrons. The lowest BCUT2D eigenvalue weighted by Gasteiger charge is -2.29. The van der Waals surface area contributed by atoms with E-state index in [4.69, 9.17) is 4.74 Å². The van der Waals surface area contributed by atoms with Gasteiger partial charge >= 0.3 is 6.03 Å². The number of urea groups is 1. The van der Waals surface area contributed by atoms with Crippen LogP contribution in [-0.2, 0) is 4.79 Å². The van der Waals surface area contributed by atoms with Crippen LogP contribution in [0.25, 0.3) is 0 Å². The molecule has 3 rings (SSSR count). The Hall–Kier alpha value is -3.55. The number of aromatic hydroxyl groups is 1. The van der Waals surface area contributed by atoms with E-state index >= 15 is 0 Å². The van der Waals surface area contributed by atoms with Crippen LogP contribution in [0.2, 0.25) is 0 Å². The van der Waals surface area contributed by atoms with Gasteiger partial charge in [0, 0.05) is 11.4 Å². The van der Waals surface area contributed by atoms with Crippen molar-refractivity contribution in [3.63, 3.8) is 0 Å². The summed E-state index contributed by atoms with van der Waals surface area (Å²) in [5.41, 5.74) is 1.67. The molecule has 0 bridgehead atoms. The highest BCUT2D eigenvalue weighted by molar-refractivity contribution is 6.06. The molecule has 1 unspecified atom stereocenters. The quantitative estimate of drug-likeness (QED) is 0.635. The molecule has 1 atom stereocenters. The van der Waals surface area contributed by atoms with Crippen LogP contribution in [0, 0.1) is 5.82 Å². The average molecular weight is 385 g/mol. The Balaban J connectivity index is 1.95. The number of phenols is 1. The van der Waals surface area contributed by atoms with E-state index in [2.05, 4.69) is 16.0 Å². The summed E-state index contributed by atoms with van der Waals surface area (Å²) in [5, 5.41) is 17.9. The van der Waals surface area contributed by atoms with Gasteiger partial charge in [-0.05, 0) is 55.8 Å². The maximum absolute atomic E-state index is 13.1. The average Bonchev–Trinajstić information content (AvgIpc) is 2.65. The van der Waals surface area contributed by atoms with Crippen LogP contribution in [0.15, 0.2) is 53.7 Å². The summed E-state index contributed by atoms with van der Waals surface area (Å²) in [6.45, 7) is 3.75. The first kappa shape index (κ1) is 19.2. The molecule has 1 heterocycles.